The highest BCUT2D eigenvalue weighted by Gasteiger charge is 2.49. The van der Waals surface area contributed by atoms with Crippen LogP contribution in [0.3, 0.4) is 0 Å². The van der Waals surface area contributed by atoms with Crippen molar-refractivity contribution in [3.63, 3.8) is 0 Å². The second-order valence-corrected chi connectivity index (χ2v) is 6.93. The number of halogens is 1. The molecule has 8 heteroatoms. The minimum Gasteiger partial charge on any atom is -0.467 e. The van der Waals surface area contributed by atoms with E-state index in [2.05, 4.69) is 10.2 Å². The molecule has 0 N–H and O–H groups in total. The van der Waals surface area contributed by atoms with Gasteiger partial charge in [-0.15, -0.1) is 0 Å². The van der Waals surface area contributed by atoms with Crippen LogP contribution in [0.4, 0.5) is 5.69 Å². The normalized spacial score (nSPS) is 22.4. The highest BCUT2D eigenvalue weighted by molar-refractivity contribution is 6.30. The van der Waals surface area contributed by atoms with Crippen LogP contribution in [-0.2, 0) is 16.0 Å². The number of hydrogen-bond donors (Lipinski definition) is 0. The molecule has 0 saturated carbocycles. The van der Waals surface area contributed by atoms with E-state index in [1.165, 1.54) is 19.2 Å². The van der Waals surface area contributed by atoms with E-state index in [4.69, 9.17) is 16.3 Å². The first-order valence-corrected chi connectivity index (χ1v) is 8.95. The zero-order chi connectivity index (χ0) is 20.3. The van der Waals surface area contributed by atoms with Crippen LogP contribution in [0.15, 0.2) is 64.3 Å². The monoisotopic (exact) mass is 399 g/mol. The summed E-state index contributed by atoms with van der Waals surface area (Å²) in [6, 6.07) is 12.9. The van der Waals surface area contributed by atoms with Crippen LogP contribution >= 0.6 is 11.6 Å². The van der Waals surface area contributed by atoms with E-state index in [0.717, 1.165) is 5.56 Å². The summed E-state index contributed by atoms with van der Waals surface area (Å²) in [6.45, 7) is 1.85. The van der Waals surface area contributed by atoms with Crippen molar-refractivity contribution in [2.24, 2.45) is 10.2 Å². The van der Waals surface area contributed by atoms with Gasteiger partial charge in [-0.25, -0.2) is 4.79 Å². The third-order valence-electron chi connectivity index (χ3n) is 4.65. The fourth-order valence-electron chi connectivity index (χ4n) is 3.20. The number of nitrogens with zero attached hydrogens (tertiary/aromatic N) is 3. The van der Waals surface area contributed by atoms with Crippen LogP contribution in [0, 0.1) is 10.1 Å². The van der Waals surface area contributed by atoms with Crippen molar-refractivity contribution in [1.82, 2.24) is 0 Å². The number of benzene rings is 2. The SMILES string of the molecule is COC(=O)[C@@]1(Cc2ccc([N+](=O)[O-])cc2)N=N[C@H](C)/C1=C/c1ccc(Cl)cc1. The van der Waals surface area contributed by atoms with Crippen molar-refractivity contribution in [3.05, 3.63) is 80.4 Å². The Morgan fingerprint density at radius 1 is 1.25 bits per heavy atom. The first kappa shape index (κ1) is 19.7. The zero-order valence-electron chi connectivity index (χ0n) is 15.3. The third-order valence-corrected chi connectivity index (χ3v) is 4.90. The molecule has 0 radical (unpaired) electrons. The Morgan fingerprint density at radius 2 is 1.89 bits per heavy atom. The maximum absolute atomic E-state index is 12.8. The van der Waals surface area contributed by atoms with Gasteiger partial charge in [0.1, 0.15) is 0 Å². The van der Waals surface area contributed by atoms with E-state index in [9.17, 15) is 14.9 Å². The van der Waals surface area contributed by atoms with Crippen LogP contribution in [0.5, 0.6) is 0 Å². The lowest BCUT2D eigenvalue weighted by molar-refractivity contribution is -0.384. The molecule has 1 heterocycles. The lowest BCUT2D eigenvalue weighted by atomic mass is 9.81. The lowest BCUT2D eigenvalue weighted by Crippen LogP contribution is -2.41. The van der Waals surface area contributed by atoms with Gasteiger partial charge in [0.25, 0.3) is 5.69 Å². The van der Waals surface area contributed by atoms with Crippen LogP contribution in [0.2, 0.25) is 5.02 Å². The molecule has 3 rings (SSSR count). The molecular formula is C20H18ClN3O4. The molecule has 1 aliphatic heterocycles. The number of rotatable bonds is 5. The lowest BCUT2D eigenvalue weighted by Gasteiger charge is -2.25. The number of non-ortho nitro benzene ring substituents is 1. The number of esters is 1. The van der Waals surface area contributed by atoms with Gasteiger partial charge in [0.2, 0.25) is 5.54 Å². The molecule has 28 heavy (non-hydrogen) atoms. The Hall–Kier alpha value is -3.06. The van der Waals surface area contributed by atoms with Crippen molar-refractivity contribution in [3.8, 4) is 0 Å². The van der Waals surface area contributed by atoms with Crippen molar-refractivity contribution in [2.45, 2.75) is 24.9 Å². The number of methoxy groups -OCH3 is 1. The zero-order valence-corrected chi connectivity index (χ0v) is 16.1. The molecule has 0 aromatic heterocycles. The van der Waals surface area contributed by atoms with Gasteiger partial charge in [0, 0.05) is 23.6 Å². The second-order valence-electron chi connectivity index (χ2n) is 6.49. The molecule has 0 bridgehead atoms. The molecule has 7 nitrogen and oxygen atoms in total. The highest BCUT2D eigenvalue weighted by Crippen LogP contribution is 2.39. The number of carbonyl (C=O) groups is 1. The van der Waals surface area contributed by atoms with Crippen LogP contribution in [-0.4, -0.2) is 29.6 Å². The van der Waals surface area contributed by atoms with Gasteiger partial charge in [-0.3, -0.25) is 10.1 Å². The number of carbonyl (C=O) groups excluding carboxylic acids is 1. The number of hydrogen-bond acceptors (Lipinski definition) is 6. The molecule has 2 aromatic carbocycles. The quantitative estimate of drug-likeness (QED) is 0.415. The number of nitro groups is 1. The molecule has 2 atom stereocenters. The Morgan fingerprint density at radius 3 is 2.46 bits per heavy atom. The summed E-state index contributed by atoms with van der Waals surface area (Å²) < 4.78 is 5.04. The Kier molecular flexibility index (Phi) is 5.56. The van der Waals surface area contributed by atoms with Crippen molar-refractivity contribution >= 4 is 29.3 Å². The summed E-state index contributed by atoms with van der Waals surface area (Å²) in [5, 5.41) is 20.0. The van der Waals surface area contributed by atoms with Crippen LogP contribution < -0.4 is 0 Å². The predicted octanol–water partition coefficient (Wildman–Crippen LogP) is 4.64. The maximum atomic E-state index is 12.8. The average molecular weight is 400 g/mol. The first-order valence-electron chi connectivity index (χ1n) is 8.57. The molecular weight excluding hydrogens is 382 g/mol. The van der Waals surface area contributed by atoms with E-state index in [1.54, 1.807) is 24.3 Å². The van der Waals surface area contributed by atoms with E-state index < -0.39 is 16.4 Å². The van der Waals surface area contributed by atoms with Crippen LogP contribution in [0.25, 0.3) is 6.08 Å². The fraction of sp³-hybridized carbons (Fsp3) is 0.250. The summed E-state index contributed by atoms with van der Waals surface area (Å²) >= 11 is 5.95. The Bertz CT molecular complexity index is 954. The number of azo groups is 1. The smallest absolute Gasteiger partial charge is 0.340 e. The summed E-state index contributed by atoms with van der Waals surface area (Å²) in [6.07, 6.45) is 2.05. The highest BCUT2D eigenvalue weighted by atomic mass is 35.5. The van der Waals surface area contributed by atoms with Gasteiger partial charge in [-0.1, -0.05) is 41.9 Å². The molecule has 0 saturated heterocycles. The standard InChI is InChI=1S/C20H18ClN3O4/c1-13-18(11-14-3-7-16(21)8-4-14)20(23-22-13,19(25)28-2)12-15-5-9-17(10-6-15)24(26)27/h3-11,13H,12H2,1-2H3/b18-11-/t13-,20+/m1/s1. The van der Waals surface area contributed by atoms with Gasteiger partial charge in [-0.05, 0) is 35.8 Å². The van der Waals surface area contributed by atoms with Crippen molar-refractivity contribution in [1.29, 1.82) is 0 Å². The first-order chi connectivity index (χ1) is 13.4. The average Bonchev–Trinajstić information content (AvgIpc) is 3.00. The Balaban J connectivity index is 2.03. The molecule has 144 valence electrons. The molecule has 0 spiro atoms. The molecule has 0 unspecified atom stereocenters. The third kappa shape index (κ3) is 3.80. The van der Waals surface area contributed by atoms with Gasteiger partial charge >= 0.3 is 5.97 Å². The summed E-state index contributed by atoms with van der Waals surface area (Å²) in [7, 11) is 1.30. The Labute approximate surface area is 166 Å². The van der Waals surface area contributed by atoms with Crippen molar-refractivity contribution < 1.29 is 14.5 Å². The molecule has 0 aliphatic carbocycles. The van der Waals surface area contributed by atoms with E-state index >= 15 is 0 Å². The topological polar surface area (TPSA) is 94.2 Å². The molecule has 2 aromatic rings. The van der Waals surface area contributed by atoms with Gasteiger partial charge < -0.3 is 4.74 Å². The van der Waals surface area contributed by atoms with E-state index in [-0.39, 0.29) is 18.2 Å². The summed E-state index contributed by atoms with van der Waals surface area (Å²) in [5.41, 5.74) is 0.931. The van der Waals surface area contributed by atoms with Crippen LogP contribution in [0.1, 0.15) is 18.1 Å². The minimum atomic E-state index is -1.32. The van der Waals surface area contributed by atoms with Gasteiger partial charge in [0.05, 0.1) is 18.1 Å². The molecule has 0 amide bonds. The molecule has 0 fully saturated rings. The minimum absolute atomic E-state index is 0.0192. The fourth-order valence-corrected chi connectivity index (χ4v) is 3.32. The van der Waals surface area contributed by atoms with Gasteiger partial charge in [-0.2, -0.15) is 10.2 Å². The maximum Gasteiger partial charge on any atom is 0.340 e. The summed E-state index contributed by atoms with van der Waals surface area (Å²) in [5.74, 6) is -0.529. The predicted molar refractivity (Wildman–Crippen MR) is 105 cm³/mol. The largest absolute Gasteiger partial charge is 0.467 e. The number of ether oxygens (including phenoxy) is 1. The van der Waals surface area contributed by atoms with E-state index in [1.807, 2.05) is 25.1 Å². The van der Waals surface area contributed by atoms with Crippen molar-refractivity contribution in [2.75, 3.05) is 7.11 Å². The molecule has 1 aliphatic rings. The van der Waals surface area contributed by atoms with E-state index in [0.29, 0.717) is 16.2 Å². The summed E-state index contributed by atoms with van der Waals surface area (Å²) in [4.78, 5) is 23.2. The van der Waals surface area contributed by atoms with Gasteiger partial charge in [0.15, 0.2) is 0 Å². The number of nitro benzene ring substituents is 1. The second kappa shape index (κ2) is 7.90.